The molecule has 0 bridgehead atoms. The maximum absolute atomic E-state index is 12.7. The van der Waals surface area contributed by atoms with Crippen LogP contribution < -0.4 is 5.32 Å². The first-order valence-electron chi connectivity index (χ1n) is 7.44. The highest BCUT2D eigenvalue weighted by molar-refractivity contribution is 7.15. The van der Waals surface area contributed by atoms with Crippen molar-refractivity contribution in [3.05, 3.63) is 56.6 Å². The molecule has 0 aromatic carbocycles. The van der Waals surface area contributed by atoms with E-state index in [1.807, 2.05) is 0 Å². The number of hydrogen-bond acceptors (Lipinski definition) is 4. The van der Waals surface area contributed by atoms with Crippen LogP contribution in [-0.4, -0.2) is 23.2 Å². The highest BCUT2D eigenvalue weighted by Crippen LogP contribution is 2.40. The van der Waals surface area contributed by atoms with E-state index in [0.29, 0.717) is 16.0 Å². The molecule has 1 amide bonds. The molecule has 0 radical (unpaired) electrons. The maximum atomic E-state index is 12.7. The molecule has 1 aliphatic carbocycles. The van der Waals surface area contributed by atoms with Gasteiger partial charge in [-0.2, -0.15) is 13.2 Å². The number of nitrogens with one attached hydrogen (secondary N) is 1. The smallest absolute Gasteiger partial charge is 0.412 e. The molecular formula is C17H12F3NO3S2. The molecule has 0 unspecified atom stereocenters. The molecule has 0 saturated carbocycles. The predicted molar refractivity (Wildman–Crippen MR) is 94.9 cm³/mol. The van der Waals surface area contributed by atoms with E-state index < -0.39 is 23.6 Å². The van der Waals surface area contributed by atoms with E-state index in [2.05, 4.69) is 5.32 Å². The van der Waals surface area contributed by atoms with Crippen molar-refractivity contribution < 1.29 is 27.9 Å². The van der Waals surface area contributed by atoms with Crippen molar-refractivity contribution in [1.29, 1.82) is 0 Å². The van der Waals surface area contributed by atoms with Gasteiger partial charge in [0.2, 0.25) is 0 Å². The second kappa shape index (κ2) is 7.08. The van der Waals surface area contributed by atoms with Crippen LogP contribution in [0, 0.1) is 0 Å². The van der Waals surface area contributed by atoms with E-state index >= 15 is 0 Å². The predicted octanol–water partition coefficient (Wildman–Crippen LogP) is 5.43. The molecule has 2 aromatic heterocycles. The van der Waals surface area contributed by atoms with Crippen LogP contribution in [0.25, 0.3) is 5.57 Å². The van der Waals surface area contributed by atoms with Gasteiger partial charge in [-0.15, -0.1) is 22.7 Å². The van der Waals surface area contributed by atoms with Crippen LogP contribution in [0.15, 0.2) is 40.6 Å². The number of thiophene rings is 2. The summed E-state index contributed by atoms with van der Waals surface area (Å²) < 4.78 is 38.2. The van der Waals surface area contributed by atoms with Gasteiger partial charge in [0.25, 0.3) is 5.91 Å². The van der Waals surface area contributed by atoms with E-state index in [4.69, 9.17) is 0 Å². The summed E-state index contributed by atoms with van der Waals surface area (Å²) in [5.41, 5.74) is 0.0966. The zero-order chi connectivity index (χ0) is 18.9. The second-order valence-corrected chi connectivity index (χ2v) is 7.30. The van der Waals surface area contributed by atoms with Crippen LogP contribution in [0.2, 0.25) is 0 Å². The number of carbonyl (C=O) groups is 2. The SMILES string of the molecule is O=C(Nc1scc(C2=CC=C(C(F)(F)F)CC2)c1C(=O)O)c1cccs1. The quantitative estimate of drug-likeness (QED) is 0.721. The van der Waals surface area contributed by atoms with E-state index in [-0.39, 0.29) is 23.4 Å². The number of carboxylic acids is 1. The number of allylic oxidation sites excluding steroid dienone is 4. The van der Waals surface area contributed by atoms with Gasteiger partial charge < -0.3 is 10.4 Å². The van der Waals surface area contributed by atoms with Gasteiger partial charge in [0.1, 0.15) is 10.6 Å². The molecule has 1 aliphatic rings. The summed E-state index contributed by atoms with van der Waals surface area (Å²) in [5.74, 6) is -1.66. The molecule has 4 nitrogen and oxygen atoms in total. The minimum absolute atomic E-state index is 0.0840. The monoisotopic (exact) mass is 399 g/mol. The highest BCUT2D eigenvalue weighted by Gasteiger charge is 2.34. The first kappa shape index (κ1) is 18.4. The highest BCUT2D eigenvalue weighted by atomic mass is 32.1. The van der Waals surface area contributed by atoms with Crippen molar-refractivity contribution in [1.82, 2.24) is 0 Å². The molecule has 0 saturated heterocycles. The number of rotatable bonds is 4. The molecule has 0 fully saturated rings. The molecule has 2 aromatic rings. The number of amides is 1. The Hall–Kier alpha value is -2.39. The fraction of sp³-hybridized carbons (Fsp3) is 0.176. The van der Waals surface area contributed by atoms with Gasteiger partial charge in [-0.3, -0.25) is 4.79 Å². The number of alkyl halides is 3. The van der Waals surface area contributed by atoms with E-state index in [1.165, 1.54) is 17.4 Å². The summed E-state index contributed by atoms with van der Waals surface area (Å²) in [4.78, 5) is 24.3. The lowest BCUT2D eigenvalue weighted by Gasteiger charge is -2.17. The van der Waals surface area contributed by atoms with Crippen molar-refractivity contribution >= 4 is 45.1 Å². The summed E-state index contributed by atoms with van der Waals surface area (Å²) in [7, 11) is 0. The molecule has 2 N–H and O–H groups in total. The van der Waals surface area contributed by atoms with E-state index in [1.54, 1.807) is 22.9 Å². The Balaban J connectivity index is 1.91. The Labute approximate surface area is 154 Å². The van der Waals surface area contributed by atoms with Crippen LogP contribution in [-0.2, 0) is 0 Å². The molecule has 0 aliphatic heterocycles. The fourth-order valence-electron chi connectivity index (χ4n) is 2.57. The van der Waals surface area contributed by atoms with Crippen LogP contribution in [0.4, 0.5) is 18.2 Å². The van der Waals surface area contributed by atoms with Gasteiger partial charge in [0, 0.05) is 16.5 Å². The van der Waals surface area contributed by atoms with Crippen LogP contribution in [0.3, 0.4) is 0 Å². The van der Waals surface area contributed by atoms with Crippen LogP contribution >= 0.6 is 22.7 Å². The van der Waals surface area contributed by atoms with Crippen molar-refractivity contribution in [2.45, 2.75) is 19.0 Å². The number of carboxylic acid groups (broad SMARTS) is 1. The number of halogens is 3. The molecule has 2 heterocycles. The van der Waals surface area contributed by atoms with E-state index in [0.717, 1.165) is 17.4 Å². The minimum Gasteiger partial charge on any atom is -0.478 e. The Morgan fingerprint density at radius 3 is 2.46 bits per heavy atom. The molecular weight excluding hydrogens is 387 g/mol. The summed E-state index contributed by atoms with van der Waals surface area (Å²) >= 11 is 2.26. The van der Waals surface area contributed by atoms with Gasteiger partial charge in [-0.25, -0.2) is 4.79 Å². The largest absolute Gasteiger partial charge is 0.478 e. The van der Waals surface area contributed by atoms with Crippen molar-refractivity contribution in [2.75, 3.05) is 5.32 Å². The van der Waals surface area contributed by atoms with Gasteiger partial charge >= 0.3 is 12.1 Å². The average molecular weight is 399 g/mol. The molecule has 26 heavy (non-hydrogen) atoms. The minimum atomic E-state index is -4.38. The lowest BCUT2D eigenvalue weighted by Crippen LogP contribution is -2.14. The topological polar surface area (TPSA) is 66.4 Å². The molecule has 136 valence electrons. The van der Waals surface area contributed by atoms with Gasteiger partial charge in [-0.05, 0) is 29.9 Å². The molecule has 3 rings (SSSR count). The van der Waals surface area contributed by atoms with Gasteiger partial charge in [-0.1, -0.05) is 18.2 Å². The standard InChI is InChI=1S/C17H12F3NO3S2/c18-17(19,20)10-5-3-9(4-6-10)11-8-26-15(13(11)16(23)24)21-14(22)12-2-1-7-25-12/h1-3,5,7-8H,4,6H2,(H,21,22)(H,23,24). The number of aromatic carboxylic acids is 1. The first-order valence-corrected chi connectivity index (χ1v) is 9.20. The maximum Gasteiger partial charge on any atom is 0.412 e. The van der Waals surface area contributed by atoms with Crippen LogP contribution in [0.1, 0.15) is 38.4 Å². The number of hydrogen-bond donors (Lipinski definition) is 2. The average Bonchev–Trinajstić information content (AvgIpc) is 3.23. The summed E-state index contributed by atoms with van der Waals surface area (Å²) in [6.07, 6.45) is -2.23. The second-order valence-electron chi connectivity index (χ2n) is 5.47. The lowest BCUT2D eigenvalue weighted by molar-refractivity contribution is -0.0939. The number of anilines is 1. The molecule has 0 spiro atoms. The Morgan fingerprint density at radius 1 is 1.15 bits per heavy atom. The van der Waals surface area contributed by atoms with Crippen molar-refractivity contribution in [3.8, 4) is 0 Å². The summed E-state index contributed by atoms with van der Waals surface area (Å²) in [6, 6.07) is 3.32. The Kier molecular flexibility index (Phi) is 5.01. The van der Waals surface area contributed by atoms with Gasteiger partial charge in [0.15, 0.2) is 0 Å². The third-order valence-electron chi connectivity index (χ3n) is 3.84. The fourth-order valence-corrected chi connectivity index (χ4v) is 4.16. The first-order chi connectivity index (χ1) is 12.3. The lowest BCUT2D eigenvalue weighted by atomic mass is 9.92. The summed E-state index contributed by atoms with van der Waals surface area (Å²) in [5, 5.41) is 15.5. The van der Waals surface area contributed by atoms with Crippen LogP contribution in [0.5, 0.6) is 0 Å². The molecule has 0 atom stereocenters. The zero-order valence-electron chi connectivity index (χ0n) is 13.1. The normalized spacial score (nSPS) is 14.6. The Bertz CT molecular complexity index is 908. The zero-order valence-corrected chi connectivity index (χ0v) is 14.7. The van der Waals surface area contributed by atoms with E-state index in [9.17, 15) is 27.9 Å². The third kappa shape index (κ3) is 3.73. The molecule has 9 heteroatoms. The van der Waals surface area contributed by atoms with Crippen molar-refractivity contribution in [3.63, 3.8) is 0 Å². The Morgan fingerprint density at radius 2 is 1.92 bits per heavy atom. The van der Waals surface area contributed by atoms with Gasteiger partial charge in [0.05, 0.1) is 4.88 Å². The summed E-state index contributed by atoms with van der Waals surface area (Å²) in [6.45, 7) is 0. The van der Waals surface area contributed by atoms with Crippen molar-refractivity contribution in [2.24, 2.45) is 0 Å². The third-order valence-corrected chi connectivity index (χ3v) is 5.60. The number of carbonyl (C=O) groups excluding carboxylic acids is 1.